The van der Waals surface area contributed by atoms with Crippen LogP contribution in [0, 0.1) is 5.82 Å². The summed E-state index contributed by atoms with van der Waals surface area (Å²) in [7, 11) is 0. The van der Waals surface area contributed by atoms with Gasteiger partial charge in [0.15, 0.2) is 0 Å². The van der Waals surface area contributed by atoms with E-state index in [9.17, 15) is 9.18 Å². The van der Waals surface area contributed by atoms with Crippen LogP contribution in [0.25, 0.3) is 0 Å². The Hall–Kier alpha value is -2.56. The predicted molar refractivity (Wildman–Crippen MR) is 112 cm³/mol. The van der Waals surface area contributed by atoms with E-state index in [1.165, 1.54) is 17.7 Å². The van der Waals surface area contributed by atoms with E-state index in [0.717, 1.165) is 56.6 Å². The molecule has 1 aliphatic carbocycles. The lowest BCUT2D eigenvalue weighted by Crippen LogP contribution is -2.50. The van der Waals surface area contributed by atoms with Gasteiger partial charge in [-0.1, -0.05) is 18.2 Å². The minimum atomic E-state index is -0.224. The average Bonchev–Trinajstić information content (AvgIpc) is 3.52. The van der Waals surface area contributed by atoms with Gasteiger partial charge in [-0.2, -0.15) is 0 Å². The summed E-state index contributed by atoms with van der Waals surface area (Å²) < 4.78 is 13.3. The highest BCUT2D eigenvalue weighted by atomic mass is 19.1. The van der Waals surface area contributed by atoms with E-state index in [0.29, 0.717) is 6.54 Å². The van der Waals surface area contributed by atoms with Crippen molar-refractivity contribution in [1.29, 1.82) is 0 Å². The molecule has 1 aliphatic heterocycles. The number of benzene rings is 2. The van der Waals surface area contributed by atoms with Crippen molar-refractivity contribution in [3.05, 3.63) is 59.9 Å². The number of carbonyl (C=O) groups excluding carboxylic acids is 1. The maximum Gasteiger partial charge on any atom is 0.321 e. The normalized spacial score (nSPS) is 17.4. The predicted octanol–water partition coefficient (Wildman–Crippen LogP) is 4.74. The van der Waals surface area contributed by atoms with Gasteiger partial charge < -0.3 is 10.2 Å². The second-order valence-corrected chi connectivity index (χ2v) is 7.84. The number of likely N-dealkylation sites (N-methyl/N-ethyl adjacent to an activating group) is 1. The number of hydrogen-bond donors (Lipinski definition) is 1. The van der Waals surface area contributed by atoms with E-state index in [2.05, 4.69) is 23.2 Å². The van der Waals surface area contributed by atoms with Crippen molar-refractivity contribution in [2.24, 2.45) is 0 Å². The zero-order valence-electron chi connectivity index (χ0n) is 16.5. The highest BCUT2D eigenvalue weighted by Gasteiger charge is 2.48. The summed E-state index contributed by atoms with van der Waals surface area (Å²) >= 11 is 0. The SMILES string of the molecule is CCN(c1ccc(F)cc1)C1(CNC(=O)N2CCCCc3ccccc32)CC1. The second kappa shape index (κ2) is 7.82. The quantitative estimate of drug-likeness (QED) is 0.812. The number of urea groups is 1. The van der Waals surface area contributed by atoms with Gasteiger partial charge in [-0.15, -0.1) is 0 Å². The summed E-state index contributed by atoms with van der Waals surface area (Å²) in [4.78, 5) is 17.2. The number of amides is 2. The van der Waals surface area contributed by atoms with Gasteiger partial charge in [0.25, 0.3) is 0 Å². The second-order valence-electron chi connectivity index (χ2n) is 7.84. The number of aryl methyl sites for hydroxylation is 1. The van der Waals surface area contributed by atoms with E-state index in [1.54, 1.807) is 0 Å². The molecule has 148 valence electrons. The third kappa shape index (κ3) is 3.71. The highest BCUT2D eigenvalue weighted by Crippen LogP contribution is 2.43. The largest absolute Gasteiger partial charge is 0.364 e. The summed E-state index contributed by atoms with van der Waals surface area (Å²) in [6, 6.07) is 14.8. The summed E-state index contributed by atoms with van der Waals surface area (Å²) in [5.74, 6) is -0.224. The van der Waals surface area contributed by atoms with Crippen LogP contribution in [-0.2, 0) is 6.42 Å². The lowest BCUT2D eigenvalue weighted by molar-refractivity contribution is 0.245. The molecule has 2 aromatic rings. The minimum absolute atomic E-state index is 0.0178. The van der Waals surface area contributed by atoms with E-state index in [1.807, 2.05) is 35.2 Å². The Bertz CT molecular complexity index is 832. The van der Waals surface area contributed by atoms with Gasteiger partial charge >= 0.3 is 6.03 Å². The molecule has 2 aliphatic rings. The summed E-state index contributed by atoms with van der Waals surface area (Å²) in [5.41, 5.74) is 3.23. The number of rotatable bonds is 5. The first-order valence-electron chi connectivity index (χ1n) is 10.3. The number of anilines is 2. The molecule has 5 heteroatoms. The molecule has 0 atom stereocenters. The fraction of sp³-hybridized carbons (Fsp3) is 0.435. The molecular weight excluding hydrogens is 353 g/mol. The van der Waals surface area contributed by atoms with Gasteiger partial charge in [-0.25, -0.2) is 9.18 Å². The Kier molecular flexibility index (Phi) is 5.25. The van der Waals surface area contributed by atoms with Crippen molar-refractivity contribution in [1.82, 2.24) is 5.32 Å². The molecule has 0 bridgehead atoms. The van der Waals surface area contributed by atoms with Gasteiger partial charge in [0.05, 0.1) is 5.54 Å². The molecule has 0 radical (unpaired) electrons. The first kappa shape index (κ1) is 18.8. The first-order valence-corrected chi connectivity index (χ1v) is 10.3. The van der Waals surface area contributed by atoms with Crippen molar-refractivity contribution in [2.45, 2.75) is 44.6 Å². The third-order valence-corrected chi connectivity index (χ3v) is 6.03. The molecule has 0 unspecified atom stereocenters. The van der Waals surface area contributed by atoms with Crippen LogP contribution >= 0.6 is 0 Å². The summed E-state index contributed by atoms with van der Waals surface area (Å²) in [6.07, 6.45) is 5.23. The minimum Gasteiger partial charge on any atom is -0.364 e. The van der Waals surface area contributed by atoms with Crippen LogP contribution in [-0.4, -0.2) is 31.2 Å². The molecule has 1 heterocycles. The van der Waals surface area contributed by atoms with Gasteiger partial charge in [0.1, 0.15) is 5.82 Å². The molecule has 0 saturated heterocycles. The number of nitrogens with zero attached hydrogens (tertiary/aromatic N) is 2. The number of para-hydroxylation sites is 1. The topological polar surface area (TPSA) is 35.6 Å². The number of halogens is 1. The van der Waals surface area contributed by atoms with Crippen LogP contribution in [0.1, 0.15) is 38.2 Å². The Labute approximate surface area is 166 Å². The zero-order valence-corrected chi connectivity index (χ0v) is 16.5. The molecule has 4 rings (SSSR count). The van der Waals surface area contributed by atoms with Gasteiger partial charge in [0.2, 0.25) is 0 Å². The Morgan fingerprint density at radius 3 is 2.61 bits per heavy atom. The van der Waals surface area contributed by atoms with Crippen molar-refractivity contribution >= 4 is 17.4 Å². The van der Waals surface area contributed by atoms with E-state index in [-0.39, 0.29) is 17.4 Å². The number of carbonyl (C=O) groups is 1. The maximum absolute atomic E-state index is 13.3. The Balaban J connectivity index is 1.46. The Morgan fingerprint density at radius 2 is 1.89 bits per heavy atom. The fourth-order valence-corrected chi connectivity index (χ4v) is 4.34. The molecule has 1 saturated carbocycles. The standard InChI is InChI=1S/C23H28FN3O/c1-2-27(20-12-10-19(24)11-13-20)23(14-15-23)17-25-22(28)26-16-6-5-8-18-7-3-4-9-21(18)26/h3-4,7,9-13H,2,5-6,8,14-17H2,1H3,(H,25,28). The van der Waals surface area contributed by atoms with Crippen LogP contribution in [0.3, 0.4) is 0 Å². The third-order valence-electron chi connectivity index (χ3n) is 6.03. The molecule has 4 nitrogen and oxygen atoms in total. The van der Waals surface area contributed by atoms with Crippen molar-refractivity contribution in [3.8, 4) is 0 Å². The lowest BCUT2D eigenvalue weighted by Gasteiger charge is -2.34. The molecule has 1 fully saturated rings. The van der Waals surface area contributed by atoms with Crippen LogP contribution in [0.4, 0.5) is 20.6 Å². The van der Waals surface area contributed by atoms with E-state index in [4.69, 9.17) is 0 Å². The highest BCUT2D eigenvalue weighted by molar-refractivity contribution is 5.93. The molecular formula is C23H28FN3O. The van der Waals surface area contributed by atoms with Crippen molar-refractivity contribution in [3.63, 3.8) is 0 Å². The average molecular weight is 381 g/mol. The molecule has 0 aromatic heterocycles. The van der Waals surface area contributed by atoms with Crippen molar-refractivity contribution < 1.29 is 9.18 Å². The van der Waals surface area contributed by atoms with E-state index < -0.39 is 0 Å². The van der Waals surface area contributed by atoms with Crippen molar-refractivity contribution in [2.75, 3.05) is 29.4 Å². The number of fused-ring (bicyclic) bond motifs is 1. The van der Waals surface area contributed by atoms with Gasteiger partial charge in [-0.05, 0) is 74.9 Å². The smallest absolute Gasteiger partial charge is 0.321 e. The van der Waals surface area contributed by atoms with Gasteiger partial charge in [0, 0.05) is 31.0 Å². The number of hydrogen-bond acceptors (Lipinski definition) is 2. The number of nitrogens with one attached hydrogen (secondary N) is 1. The summed E-state index contributed by atoms with van der Waals surface area (Å²) in [6.45, 7) is 4.30. The zero-order chi connectivity index (χ0) is 19.6. The summed E-state index contributed by atoms with van der Waals surface area (Å²) in [5, 5.41) is 3.19. The molecule has 1 N–H and O–H groups in total. The Morgan fingerprint density at radius 1 is 1.14 bits per heavy atom. The molecule has 2 amide bonds. The molecule has 0 spiro atoms. The van der Waals surface area contributed by atoms with Crippen LogP contribution in [0.5, 0.6) is 0 Å². The lowest BCUT2D eigenvalue weighted by atomic mass is 10.1. The fourth-order valence-electron chi connectivity index (χ4n) is 4.34. The van der Waals surface area contributed by atoms with Crippen LogP contribution in [0.2, 0.25) is 0 Å². The van der Waals surface area contributed by atoms with Gasteiger partial charge in [-0.3, -0.25) is 4.90 Å². The maximum atomic E-state index is 13.3. The van der Waals surface area contributed by atoms with E-state index >= 15 is 0 Å². The monoisotopic (exact) mass is 381 g/mol. The molecule has 28 heavy (non-hydrogen) atoms. The molecule has 2 aromatic carbocycles. The first-order chi connectivity index (χ1) is 13.6. The van der Waals surface area contributed by atoms with Crippen LogP contribution < -0.4 is 15.1 Å². The van der Waals surface area contributed by atoms with Crippen LogP contribution in [0.15, 0.2) is 48.5 Å².